The molecule has 0 saturated carbocycles. The molecule has 0 fully saturated rings. The second-order valence-electron chi connectivity index (χ2n) is 10.1. The Morgan fingerprint density at radius 2 is 1.57 bits per heavy atom. The Labute approximate surface area is 292 Å². The predicted octanol–water partition coefficient (Wildman–Crippen LogP) is 7.86. The lowest BCUT2D eigenvalue weighted by Gasteiger charge is -2.11. The quantitative estimate of drug-likeness (QED) is 0.0173. The number of anilines is 1. The van der Waals surface area contributed by atoms with Crippen LogP contribution in [-0.4, -0.2) is 49.6 Å². The van der Waals surface area contributed by atoms with E-state index in [2.05, 4.69) is 49.2 Å². The maximum Gasteiger partial charge on any atom is 0.354 e. The topological polar surface area (TPSA) is 291 Å². The van der Waals surface area contributed by atoms with Gasteiger partial charge in [-0.1, -0.05) is 10.1 Å². The standard InChI is InChI=1S/C29H19N7O12S3/c30-19-11-18-13(10-25(19)51(42,43)44)9-24(50-48-46-41)27(28(18)37)36-35-22-6-5-21(17-2-4-23(29(38)39)32-26(17)22)34-33-15-7-14-8-16(49-47-45-40)1-3-20(14)31-12-15/h1-12,37,40-41H,30H2,(H,38,39)(H,42,43,44). The molecule has 2 aromatic heterocycles. The summed E-state index contributed by atoms with van der Waals surface area (Å²) in [5.74, 6) is -1.87. The smallest absolute Gasteiger partial charge is 0.354 e. The van der Waals surface area contributed by atoms with Crippen LogP contribution in [0, 0.1) is 0 Å². The zero-order chi connectivity index (χ0) is 36.3. The number of fused-ring (bicyclic) bond motifs is 3. The van der Waals surface area contributed by atoms with Crippen LogP contribution in [0.2, 0.25) is 0 Å². The van der Waals surface area contributed by atoms with Crippen molar-refractivity contribution in [1.29, 1.82) is 0 Å². The van der Waals surface area contributed by atoms with Crippen LogP contribution >= 0.6 is 24.1 Å². The Bertz CT molecular complexity index is 2520. The van der Waals surface area contributed by atoms with Gasteiger partial charge in [0.1, 0.15) is 33.2 Å². The van der Waals surface area contributed by atoms with E-state index in [1.165, 1.54) is 36.5 Å². The van der Waals surface area contributed by atoms with Gasteiger partial charge in [-0.05, 0) is 72.1 Å². The third-order valence-corrected chi connectivity index (χ3v) is 9.08. The Hall–Kier alpha value is -5.40. The number of carboxylic acid groups (broad SMARTS) is 1. The summed E-state index contributed by atoms with van der Waals surface area (Å²) in [5, 5.41) is 63.2. The second-order valence-corrected chi connectivity index (χ2v) is 13.0. The summed E-state index contributed by atoms with van der Waals surface area (Å²) >= 11 is 1.15. The molecule has 51 heavy (non-hydrogen) atoms. The second kappa shape index (κ2) is 14.8. The lowest BCUT2D eigenvalue weighted by atomic mass is 10.1. The molecule has 6 aromatic rings. The van der Waals surface area contributed by atoms with Crippen molar-refractivity contribution in [2.75, 3.05) is 5.73 Å². The summed E-state index contributed by atoms with van der Waals surface area (Å²) in [7, 11) is -4.72. The first kappa shape index (κ1) is 35.4. The van der Waals surface area contributed by atoms with E-state index in [0.29, 0.717) is 38.9 Å². The molecular weight excluding hydrogens is 735 g/mol. The molecule has 0 unspecified atom stereocenters. The van der Waals surface area contributed by atoms with Gasteiger partial charge in [-0.25, -0.2) is 20.3 Å². The van der Waals surface area contributed by atoms with Crippen molar-refractivity contribution in [2.24, 2.45) is 20.5 Å². The summed E-state index contributed by atoms with van der Waals surface area (Å²) in [6.07, 6.45) is 1.49. The highest BCUT2D eigenvalue weighted by atomic mass is 32.2. The zero-order valence-corrected chi connectivity index (χ0v) is 27.5. The highest BCUT2D eigenvalue weighted by Gasteiger charge is 2.21. The number of phenolic OH excluding ortho intramolecular Hbond substituents is 1. The van der Waals surface area contributed by atoms with Gasteiger partial charge in [0, 0.05) is 21.1 Å². The molecule has 7 N–H and O–H groups in total. The van der Waals surface area contributed by atoms with Crippen LogP contribution in [0.5, 0.6) is 5.75 Å². The molecule has 6 rings (SSSR count). The number of hydrogen-bond donors (Lipinski definition) is 6. The van der Waals surface area contributed by atoms with E-state index in [4.69, 9.17) is 16.2 Å². The van der Waals surface area contributed by atoms with E-state index in [-0.39, 0.29) is 49.6 Å². The van der Waals surface area contributed by atoms with E-state index in [1.54, 1.807) is 24.3 Å². The molecule has 0 atom stereocenters. The zero-order valence-electron chi connectivity index (χ0n) is 25.0. The van der Waals surface area contributed by atoms with Crippen LogP contribution in [0.4, 0.5) is 28.4 Å². The lowest BCUT2D eigenvalue weighted by molar-refractivity contribution is -0.432. The third kappa shape index (κ3) is 7.69. The predicted molar refractivity (Wildman–Crippen MR) is 180 cm³/mol. The molecule has 2 heterocycles. The molecule has 0 bridgehead atoms. The van der Waals surface area contributed by atoms with Crippen molar-refractivity contribution in [3.63, 3.8) is 0 Å². The van der Waals surface area contributed by atoms with Gasteiger partial charge in [0.05, 0.1) is 52.1 Å². The Balaban J connectivity index is 1.42. The molecule has 19 nitrogen and oxygen atoms in total. The number of hydrogen-bond acceptors (Lipinski definition) is 19. The van der Waals surface area contributed by atoms with Crippen LogP contribution in [-0.2, 0) is 28.9 Å². The van der Waals surface area contributed by atoms with E-state index in [0.717, 1.165) is 24.2 Å². The number of nitrogens with zero attached hydrogens (tertiary/aromatic N) is 6. The Morgan fingerprint density at radius 3 is 2.31 bits per heavy atom. The van der Waals surface area contributed by atoms with Gasteiger partial charge in [-0.3, -0.25) is 9.54 Å². The SMILES string of the molecule is Nc1cc2c(O)c(N=Nc3ccc(N=Nc4cnc5ccc(SOOO)cc5c4)c4ccc(C(=O)O)nc34)c(SOOO)cc2cc1S(=O)(=O)O. The average Bonchev–Trinajstić information content (AvgIpc) is 3.11. The number of benzene rings is 4. The van der Waals surface area contributed by atoms with Crippen molar-refractivity contribution in [3.8, 4) is 5.75 Å². The maximum absolute atomic E-state index is 11.8. The maximum atomic E-state index is 11.8. The summed E-state index contributed by atoms with van der Waals surface area (Å²) in [6.45, 7) is 0. The van der Waals surface area contributed by atoms with Gasteiger partial charge in [0.15, 0.2) is 5.75 Å². The summed E-state index contributed by atoms with van der Waals surface area (Å²) in [6, 6.07) is 15.9. The molecular formula is C29H19N7O12S3. The van der Waals surface area contributed by atoms with Crippen molar-refractivity contribution in [1.82, 2.24) is 9.97 Å². The highest BCUT2D eigenvalue weighted by molar-refractivity contribution is 7.95. The fourth-order valence-corrected chi connectivity index (χ4v) is 6.31. The van der Waals surface area contributed by atoms with Gasteiger partial charge in [-0.2, -0.15) is 8.42 Å². The van der Waals surface area contributed by atoms with Crippen molar-refractivity contribution in [3.05, 3.63) is 78.6 Å². The first-order chi connectivity index (χ1) is 24.5. The minimum atomic E-state index is -4.72. The molecule has 0 aliphatic carbocycles. The average molecular weight is 754 g/mol. The number of pyridine rings is 2. The summed E-state index contributed by atoms with van der Waals surface area (Å²) in [5.41, 5.74) is 6.24. The van der Waals surface area contributed by atoms with Crippen molar-refractivity contribution >= 4 is 101 Å². The largest absolute Gasteiger partial charge is 0.505 e. The van der Waals surface area contributed by atoms with E-state index >= 15 is 0 Å². The number of carbonyl (C=O) groups is 1. The molecule has 22 heteroatoms. The number of azo groups is 2. The third-order valence-electron chi connectivity index (χ3n) is 6.98. The van der Waals surface area contributed by atoms with Crippen LogP contribution in [0.15, 0.2) is 108 Å². The number of nitrogen functional groups attached to an aromatic ring is 1. The minimum absolute atomic E-state index is 0.0145. The van der Waals surface area contributed by atoms with E-state index in [1.807, 2.05) is 0 Å². The minimum Gasteiger partial charge on any atom is -0.505 e. The molecule has 0 aliphatic rings. The summed E-state index contributed by atoms with van der Waals surface area (Å²) in [4.78, 5) is 20.3. The Kier molecular flexibility index (Phi) is 10.3. The molecule has 0 amide bonds. The number of nitrogens with two attached hydrogens (primary N) is 1. The fourth-order valence-electron chi connectivity index (χ4n) is 4.78. The van der Waals surface area contributed by atoms with Crippen LogP contribution in [0.1, 0.15) is 10.5 Å². The number of aromatic carboxylic acids is 1. The van der Waals surface area contributed by atoms with Gasteiger partial charge < -0.3 is 15.9 Å². The Morgan fingerprint density at radius 1 is 0.824 bits per heavy atom. The number of aromatic nitrogens is 2. The number of rotatable bonds is 12. The van der Waals surface area contributed by atoms with Gasteiger partial charge in [0.25, 0.3) is 10.1 Å². The van der Waals surface area contributed by atoms with E-state index < -0.39 is 26.7 Å². The first-order valence-corrected chi connectivity index (χ1v) is 16.7. The van der Waals surface area contributed by atoms with Gasteiger partial charge >= 0.3 is 5.97 Å². The van der Waals surface area contributed by atoms with E-state index in [9.17, 15) is 28.0 Å². The van der Waals surface area contributed by atoms with Crippen molar-refractivity contribution < 1.29 is 57.2 Å². The first-order valence-electron chi connectivity index (χ1n) is 13.7. The van der Waals surface area contributed by atoms with Crippen LogP contribution in [0.3, 0.4) is 0 Å². The molecule has 0 radical (unpaired) electrons. The number of carboxylic acids is 1. The number of aromatic hydroxyl groups is 1. The van der Waals surface area contributed by atoms with Crippen molar-refractivity contribution in [2.45, 2.75) is 14.7 Å². The van der Waals surface area contributed by atoms with Gasteiger partial charge in [0.2, 0.25) is 0 Å². The normalized spacial score (nSPS) is 12.2. The monoisotopic (exact) mass is 753 g/mol. The number of phenols is 1. The molecule has 260 valence electrons. The molecule has 0 aliphatic heterocycles. The van der Waals surface area contributed by atoms with Crippen LogP contribution in [0.25, 0.3) is 32.6 Å². The van der Waals surface area contributed by atoms with Crippen LogP contribution < -0.4 is 5.73 Å². The molecule has 4 aromatic carbocycles. The fraction of sp³-hybridized carbons (Fsp3) is 0. The molecule has 0 spiro atoms. The lowest BCUT2D eigenvalue weighted by Crippen LogP contribution is -2.03. The summed E-state index contributed by atoms with van der Waals surface area (Å²) < 4.78 is 42.1. The van der Waals surface area contributed by atoms with Gasteiger partial charge in [-0.15, -0.1) is 29.1 Å². The highest BCUT2D eigenvalue weighted by Crippen LogP contribution is 2.46. The molecule has 0 saturated heterocycles.